The Morgan fingerprint density at radius 2 is 2.22 bits per heavy atom. The first-order chi connectivity index (χ1) is 8.53. The minimum Gasteiger partial charge on any atom is -0.343 e. The molecular formula is C14H27N3O. The van der Waals surface area contributed by atoms with Gasteiger partial charge in [0.1, 0.15) is 0 Å². The van der Waals surface area contributed by atoms with E-state index in [1.807, 2.05) is 11.9 Å². The molecule has 2 aliphatic rings. The number of likely N-dealkylation sites (tertiary alicyclic amines) is 1. The van der Waals surface area contributed by atoms with Gasteiger partial charge in [0.05, 0.1) is 5.54 Å². The third kappa shape index (κ3) is 2.86. The lowest BCUT2D eigenvalue weighted by molar-refractivity contribution is -0.138. The third-order valence-electron chi connectivity index (χ3n) is 4.59. The van der Waals surface area contributed by atoms with Crippen molar-refractivity contribution in [3.05, 3.63) is 0 Å². The van der Waals surface area contributed by atoms with Crippen molar-refractivity contribution in [1.29, 1.82) is 0 Å². The normalized spacial score (nSPS) is 33.6. The first kappa shape index (κ1) is 13.8. The summed E-state index contributed by atoms with van der Waals surface area (Å²) in [6.07, 6.45) is 5.80. The van der Waals surface area contributed by atoms with Crippen LogP contribution in [0.25, 0.3) is 0 Å². The molecule has 4 nitrogen and oxygen atoms in total. The van der Waals surface area contributed by atoms with Gasteiger partial charge >= 0.3 is 0 Å². The molecule has 0 radical (unpaired) electrons. The lowest BCUT2D eigenvalue weighted by Crippen LogP contribution is -2.58. The van der Waals surface area contributed by atoms with Crippen molar-refractivity contribution >= 4 is 5.91 Å². The van der Waals surface area contributed by atoms with Gasteiger partial charge in [-0.25, -0.2) is 0 Å². The molecule has 2 heterocycles. The molecule has 104 valence electrons. The monoisotopic (exact) mass is 253 g/mol. The Balaban J connectivity index is 1.91. The molecule has 2 saturated heterocycles. The molecule has 0 saturated carbocycles. The van der Waals surface area contributed by atoms with E-state index in [9.17, 15) is 4.79 Å². The maximum Gasteiger partial charge on any atom is 0.242 e. The largest absolute Gasteiger partial charge is 0.343 e. The van der Waals surface area contributed by atoms with Gasteiger partial charge in [0, 0.05) is 19.6 Å². The summed E-state index contributed by atoms with van der Waals surface area (Å²) < 4.78 is 0. The highest BCUT2D eigenvalue weighted by Gasteiger charge is 2.37. The molecule has 0 aromatic rings. The fraction of sp³-hybridized carbons (Fsp3) is 0.929. The summed E-state index contributed by atoms with van der Waals surface area (Å²) in [4.78, 5) is 16.9. The number of carbonyl (C=O) groups excluding carboxylic acids is 1. The summed E-state index contributed by atoms with van der Waals surface area (Å²) in [5, 5.41) is 3.41. The van der Waals surface area contributed by atoms with Crippen LogP contribution in [0.5, 0.6) is 0 Å². The van der Waals surface area contributed by atoms with E-state index in [1.165, 1.54) is 25.8 Å². The summed E-state index contributed by atoms with van der Waals surface area (Å²) in [5.74, 6) is 0.266. The average Bonchev–Trinajstić information content (AvgIpc) is 2.75. The molecule has 1 N–H and O–H groups in total. The molecule has 2 aliphatic heterocycles. The lowest BCUT2D eigenvalue weighted by atomic mass is 9.89. The van der Waals surface area contributed by atoms with Crippen molar-refractivity contribution in [2.75, 3.05) is 33.7 Å². The van der Waals surface area contributed by atoms with Crippen molar-refractivity contribution in [2.45, 2.75) is 50.6 Å². The van der Waals surface area contributed by atoms with Crippen LogP contribution >= 0.6 is 0 Å². The Morgan fingerprint density at radius 1 is 1.44 bits per heavy atom. The van der Waals surface area contributed by atoms with Gasteiger partial charge in [0.15, 0.2) is 0 Å². The van der Waals surface area contributed by atoms with Crippen molar-refractivity contribution in [3.8, 4) is 0 Å². The van der Waals surface area contributed by atoms with Crippen molar-refractivity contribution in [2.24, 2.45) is 0 Å². The van der Waals surface area contributed by atoms with Crippen molar-refractivity contribution in [3.63, 3.8) is 0 Å². The van der Waals surface area contributed by atoms with Crippen LogP contribution in [-0.4, -0.2) is 61.0 Å². The predicted octanol–water partition coefficient (Wildman–Crippen LogP) is 1.07. The molecule has 2 rings (SSSR count). The van der Waals surface area contributed by atoms with Gasteiger partial charge in [-0.15, -0.1) is 0 Å². The molecular weight excluding hydrogens is 226 g/mol. The second kappa shape index (κ2) is 5.57. The van der Waals surface area contributed by atoms with Crippen LogP contribution in [0.3, 0.4) is 0 Å². The Labute approximate surface area is 111 Å². The zero-order chi connectivity index (χ0) is 13.2. The Bertz CT molecular complexity index is 299. The van der Waals surface area contributed by atoms with Gasteiger partial charge in [-0.1, -0.05) is 0 Å². The summed E-state index contributed by atoms with van der Waals surface area (Å²) in [5.41, 5.74) is -0.329. The standard InChI is InChI=1S/C14H27N3O/c1-14(8-4-5-9-15-14)13(18)17(3)11-12-7-6-10-16(12)2/h12,15H,4-11H2,1-3H3. The summed E-state index contributed by atoms with van der Waals surface area (Å²) in [6.45, 7) is 5.07. The molecule has 18 heavy (non-hydrogen) atoms. The predicted molar refractivity (Wildman–Crippen MR) is 73.5 cm³/mol. The number of rotatable bonds is 3. The van der Waals surface area contributed by atoms with Gasteiger partial charge in [-0.05, 0) is 59.2 Å². The average molecular weight is 253 g/mol. The molecule has 0 bridgehead atoms. The van der Waals surface area contributed by atoms with E-state index in [-0.39, 0.29) is 11.4 Å². The second-order valence-electron chi connectivity index (χ2n) is 6.18. The highest BCUT2D eigenvalue weighted by atomic mass is 16.2. The number of carbonyl (C=O) groups is 1. The lowest BCUT2D eigenvalue weighted by Gasteiger charge is -2.38. The molecule has 1 amide bonds. The maximum atomic E-state index is 12.6. The molecule has 0 aliphatic carbocycles. The molecule has 0 aromatic heterocycles. The third-order valence-corrected chi connectivity index (χ3v) is 4.59. The Kier molecular flexibility index (Phi) is 4.28. The summed E-state index contributed by atoms with van der Waals surface area (Å²) in [7, 11) is 4.12. The van der Waals surface area contributed by atoms with Crippen molar-refractivity contribution < 1.29 is 4.79 Å². The minimum absolute atomic E-state index is 0.266. The van der Waals surface area contributed by atoms with E-state index in [0.29, 0.717) is 6.04 Å². The highest BCUT2D eigenvalue weighted by Crippen LogP contribution is 2.22. The summed E-state index contributed by atoms with van der Waals surface area (Å²) in [6, 6.07) is 0.547. The molecule has 2 fully saturated rings. The maximum absolute atomic E-state index is 12.6. The number of likely N-dealkylation sites (N-methyl/N-ethyl adjacent to an activating group) is 2. The topological polar surface area (TPSA) is 35.6 Å². The van der Waals surface area contributed by atoms with Crippen LogP contribution in [0.15, 0.2) is 0 Å². The second-order valence-corrected chi connectivity index (χ2v) is 6.18. The number of nitrogens with one attached hydrogen (secondary N) is 1. The SMILES string of the molecule is CN(CC1CCCN1C)C(=O)C1(C)CCCCN1. The molecule has 4 heteroatoms. The Morgan fingerprint density at radius 3 is 2.78 bits per heavy atom. The quantitative estimate of drug-likeness (QED) is 0.817. The van der Waals surface area contributed by atoms with Crippen LogP contribution in [-0.2, 0) is 4.79 Å². The van der Waals surface area contributed by atoms with E-state index in [1.54, 1.807) is 0 Å². The molecule has 2 unspecified atom stereocenters. The molecule has 0 spiro atoms. The van der Waals surface area contributed by atoms with Gasteiger partial charge < -0.3 is 15.1 Å². The smallest absolute Gasteiger partial charge is 0.242 e. The zero-order valence-corrected chi connectivity index (χ0v) is 12.0. The van der Waals surface area contributed by atoms with Crippen LogP contribution in [0, 0.1) is 0 Å². The number of hydrogen-bond acceptors (Lipinski definition) is 3. The van der Waals surface area contributed by atoms with Gasteiger partial charge in [-0.3, -0.25) is 4.79 Å². The minimum atomic E-state index is -0.329. The number of amides is 1. The van der Waals surface area contributed by atoms with E-state index in [2.05, 4.69) is 24.2 Å². The summed E-state index contributed by atoms with van der Waals surface area (Å²) >= 11 is 0. The van der Waals surface area contributed by atoms with Crippen LogP contribution in [0.2, 0.25) is 0 Å². The van der Waals surface area contributed by atoms with Crippen LogP contribution in [0.1, 0.15) is 39.0 Å². The van der Waals surface area contributed by atoms with E-state index in [0.717, 1.165) is 25.9 Å². The van der Waals surface area contributed by atoms with Crippen molar-refractivity contribution in [1.82, 2.24) is 15.1 Å². The van der Waals surface area contributed by atoms with Gasteiger partial charge in [0.25, 0.3) is 0 Å². The number of piperidine rings is 1. The zero-order valence-electron chi connectivity index (χ0n) is 12.0. The van der Waals surface area contributed by atoms with E-state index >= 15 is 0 Å². The van der Waals surface area contributed by atoms with Gasteiger partial charge in [0.2, 0.25) is 5.91 Å². The van der Waals surface area contributed by atoms with E-state index in [4.69, 9.17) is 0 Å². The molecule has 0 aromatic carbocycles. The fourth-order valence-corrected chi connectivity index (χ4v) is 3.27. The van der Waals surface area contributed by atoms with Crippen LogP contribution in [0.4, 0.5) is 0 Å². The molecule has 2 atom stereocenters. The number of nitrogens with zero attached hydrogens (tertiary/aromatic N) is 2. The highest BCUT2D eigenvalue weighted by molar-refractivity contribution is 5.85. The Hall–Kier alpha value is -0.610. The number of hydrogen-bond donors (Lipinski definition) is 1. The fourth-order valence-electron chi connectivity index (χ4n) is 3.27. The van der Waals surface area contributed by atoms with Gasteiger partial charge in [-0.2, -0.15) is 0 Å². The first-order valence-corrected chi connectivity index (χ1v) is 7.24. The van der Waals surface area contributed by atoms with E-state index < -0.39 is 0 Å². The van der Waals surface area contributed by atoms with Crippen LogP contribution < -0.4 is 5.32 Å². The first-order valence-electron chi connectivity index (χ1n) is 7.24.